The number of hydrogen-bond donors (Lipinski definition) is 1. The lowest BCUT2D eigenvalue weighted by molar-refractivity contribution is -0.115. The molecule has 0 aliphatic heterocycles. The molecule has 2 amide bonds. The van der Waals surface area contributed by atoms with E-state index < -0.39 is 11.9 Å². The number of allylic oxidation sites excluding steroid dienone is 1. The Morgan fingerprint density at radius 1 is 1.26 bits per heavy atom. The molecule has 2 aromatic heterocycles. The number of nitrogens with zero attached hydrogens (tertiary/aromatic N) is 2. The lowest BCUT2D eigenvalue weighted by atomic mass is 9.95. The fourth-order valence-electron chi connectivity index (χ4n) is 3.94. The second-order valence-electron chi connectivity index (χ2n) is 7.85. The van der Waals surface area contributed by atoms with E-state index in [9.17, 15) is 18.8 Å². The van der Waals surface area contributed by atoms with Crippen molar-refractivity contribution in [3.05, 3.63) is 57.5 Å². The maximum Gasteiger partial charge on any atom is 0.341 e. The second-order valence-corrected chi connectivity index (χ2v) is 10.9. The summed E-state index contributed by atoms with van der Waals surface area (Å²) in [5.41, 5.74) is 2.20. The first-order valence-corrected chi connectivity index (χ1v) is 13.8. The van der Waals surface area contributed by atoms with E-state index >= 15 is 0 Å². The van der Waals surface area contributed by atoms with Gasteiger partial charge in [-0.2, -0.15) is 4.99 Å². The number of aromatic nitrogens is 1. The Morgan fingerprint density at radius 2 is 2.06 bits per heavy atom. The summed E-state index contributed by atoms with van der Waals surface area (Å²) in [5, 5.41) is 3.33. The van der Waals surface area contributed by atoms with E-state index in [4.69, 9.17) is 4.74 Å². The molecular weight excluding hydrogens is 509 g/mol. The van der Waals surface area contributed by atoms with Crippen LogP contribution in [0.25, 0.3) is 10.2 Å². The molecule has 35 heavy (non-hydrogen) atoms. The first-order valence-electron chi connectivity index (χ1n) is 11.0. The molecule has 0 spiro atoms. The third kappa shape index (κ3) is 5.74. The van der Waals surface area contributed by atoms with Crippen molar-refractivity contribution in [3.63, 3.8) is 0 Å². The maximum absolute atomic E-state index is 13.6. The van der Waals surface area contributed by atoms with E-state index in [0.29, 0.717) is 26.6 Å². The zero-order valence-electron chi connectivity index (χ0n) is 19.1. The van der Waals surface area contributed by atoms with Crippen LogP contribution < -0.4 is 10.1 Å². The number of anilines is 1. The van der Waals surface area contributed by atoms with Gasteiger partial charge in [0.15, 0.2) is 4.80 Å². The van der Waals surface area contributed by atoms with Crippen molar-refractivity contribution < 1.29 is 23.5 Å². The lowest BCUT2D eigenvalue weighted by Crippen LogP contribution is -2.19. The highest BCUT2D eigenvalue weighted by Gasteiger charge is 2.26. The molecule has 3 aromatic rings. The van der Waals surface area contributed by atoms with Crippen LogP contribution in [0, 0.1) is 5.82 Å². The van der Waals surface area contributed by atoms with Gasteiger partial charge in [0.25, 0.3) is 5.91 Å². The average Bonchev–Trinajstić information content (AvgIpc) is 3.35. The van der Waals surface area contributed by atoms with Crippen molar-refractivity contribution in [1.82, 2.24) is 4.57 Å². The number of thiophene rings is 1. The number of nitrogens with one attached hydrogen (secondary N) is 1. The summed E-state index contributed by atoms with van der Waals surface area (Å²) in [6, 6.07) is 4.43. The molecule has 7 nitrogen and oxygen atoms in total. The van der Waals surface area contributed by atoms with E-state index in [1.165, 1.54) is 41.9 Å². The van der Waals surface area contributed by atoms with Gasteiger partial charge in [0.1, 0.15) is 10.8 Å². The predicted molar refractivity (Wildman–Crippen MR) is 139 cm³/mol. The normalized spacial score (nSPS) is 13.5. The fraction of sp³-hybridized carbons (Fsp3) is 0.333. The summed E-state index contributed by atoms with van der Waals surface area (Å²) >= 11 is 3.78. The molecular formula is C24H24FN3O4S3. The first-order chi connectivity index (χ1) is 16.9. The van der Waals surface area contributed by atoms with Crippen molar-refractivity contribution in [2.75, 3.05) is 23.9 Å². The molecule has 0 saturated carbocycles. The van der Waals surface area contributed by atoms with Crippen LogP contribution >= 0.6 is 34.4 Å². The van der Waals surface area contributed by atoms with Crippen LogP contribution in [0.5, 0.6) is 0 Å². The zero-order chi connectivity index (χ0) is 24.9. The Balaban J connectivity index is 1.41. The molecule has 1 aliphatic carbocycles. The highest BCUT2D eigenvalue weighted by molar-refractivity contribution is 8.00. The van der Waals surface area contributed by atoms with Gasteiger partial charge in [0, 0.05) is 11.4 Å². The van der Waals surface area contributed by atoms with Crippen molar-refractivity contribution in [2.24, 2.45) is 4.99 Å². The summed E-state index contributed by atoms with van der Waals surface area (Å²) in [6.07, 6.45) is 5.44. The first kappa shape index (κ1) is 25.3. The Kier molecular flexibility index (Phi) is 8.19. The number of carbonyl (C=O) groups excluding carboxylic acids is 3. The average molecular weight is 534 g/mol. The number of halogens is 1. The van der Waals surface area contributed by atoms with Crippen molar-refractivity contribution in [1.29, 1.82) is 0 Å². The predicted octanol–water partition coefficient (Wildman–Crippen LogP) is 4.55. The molecule has 0 saturated heterocycles. The number of ether oxygens (including phenoxy) is 1. The number of esters is 1. The molecule has 0 unspecified atom stereocenters. The number of thioether (sulfide) groups is 1. The molecule has 1 aliphatic rings. The number of fused-ring (bicyclic) bond motifs is 2. The van der Waals surface area contributed by atoms with E-state index in [2.05, 4.69) is 16.9 Å². The van der Waals surface area contributed by atoms with Gasteiger partial charge in [-0.05, 0) is 49.4 Å². The van der Waals surface area contributed by atoms with Crippen LogP contribution in [0.1, 0.15) is 33.6 Å². The van der Waals surface area contributed by atoms with Crippen LogP contribution in [0.15, 0.2) is 35.8 Å². The lowest BCUT2D eigenvalue weighted by Gasteiger charge is -2.11. The van der Waals surface area contributed by atoms with Gasteiger partial charge in [-0.15, -0.1) is 29.7 Å². The number of thiazole rings is 1. The highest BCUT2D eigenvalue weighted by Crippen LogP contribution is 2.38. The summed E-state index contributed by atoms with van der Waals surface area (Å²) < 4.78 is 21.0. The van der Waals surface area contributed by atoms with Crippen LogP contribution in [0.3, 0.4) is 0 Å². The number of rotatable bonds is 8. The van der Waals surface area contributed by atoms with Crippen molar-refractivity contribution >= 4 is 67.4 Å². The minimum absolute atomic E-state index is 0.00884. The minimum atomic E-state index is -0.447. The maximum atomic E-state index is 13.6. The molecule has 184 valence electrons. The van der Waals surface area contributed by atoms with E-state index in [1.807, 2.05) is 0 Å². The largest absolute Gasteiger partial charge is 0.465 e. The highest BCUT2D eigenvalue weighted by atomic mass is 32.2. The quantitative estimate of drug-likeness (QED) is 0.339. The number of methoxy groups -OCH3 is 1. The third-order valence-electron chi connectivity index (χ3n) is 5.45. The van der Waals surface area contributed by atoms with Crippen LogP contribution in [0.4, 0.5) is 9.39 Å². The van der Waals surface area contributed by atoms with Crippen LogP contribution in [0.2, 0.25) is 0 Å². The Labute approximate surface area is 213 Å². The monoisotopic (exact) mass is 533 g/mol. The van der Waals surface area contributed by atoms with Gasteiger partial charge in [0.05, 0.1) is 34.4 Å². The molecule has 0 fully saturated rings. The van der Waals surface area contributed by atoms with Gasteiger partial charge < -0.3 is 14.6 Å². The Hall–Kier alpha value is -2.76. The minimum Gasteiger partial charge on any atom is -0.465 e. The molecule has 4 rings (SSSR count). The number of aryl methyl sites for hydroxylation is 1. The van der Waals surface area contributed by atoms with E-state index in [-0.39, 0.29) is 23.2 Å². The number of carbonyl (C=O) groups is 3. The van der Waals surface area contributed by atoms with Gasteiger partial charge in [-0.25, -0.2) is 9.18 Å². The molecule has 0 radical (unpaired) electrons. The third-order valence-corrected chi connectivity index (χ3v) is 8.62. The molecule has 2 heterocycles. The van der Waals surface area contributed by atoms with E-state index in [1.54, 1.807) is 16.7 Å². The smallest absolute Gasteiger partial charge is 0.341 e. The molecule has 0 atom stereocenters. The molecule has 1 N–H and O–H groups in total. The van der Waals surface area contributed by atoms with Crippen LogP contribution in [-0.4, -0.2) is 41.0 Å². The van der Waals surface area contributed by atoms with Gasteiger partial charge >= 0.3 is 5.97 Å². The topological polar surface area (TPSA) is 89.8 Å². The van der Waals surface area contributed by atoms with Gasteiger partial charge in [-0.3, -0.25) is 9.59 Å². The summed E-state index contributed by atoms with van der Waals surface area (Å²) in [6.45, 7) is 4.16. The number of hydrogen-bond acceptors (Lipinski definition) is 7. The van der Waals surface area contributed by atoms with Gasteiger partial charge in [-0.1, -0.05) is 17.4 Å². The molecule has 0 bridgehead atoms. The zero-order valence-corrected chi connectivity index (χ0v) is 21.5. The second kappa shape index (κ2) is 11.3. The summed E-state index contributed by atoms with van der Waals surface area (Å²) in [4.78, 5) is 43.1. The standard InChI is InChI=1S/C24H24FN3O4S3/c1-3-10-28-16-9-8-14(25)11-18(16)35-24(28)27-20(30)13-33-12-19(29)26-22-21(23(31)32-2)15-6-4-5-7-17(15)34-22/h3,8-9,11H,1,4-7,10,12-13H2,2H3,(H,26,29). The molecule has 11 heteroatoms. The van der Waals surface area contributed by atoms with Crippen LogP contribution in [-0.2, 0) is 33.7 Å². The number of amides is 2. The summed E-state index contributed by atoms with van der Waals surface area (Å²) in [5.74, 6) is -1.45. The van der Waals surface area contributed by atoms with E-state index in [0.717, 1.165) is 53.4 Å². The Morgan fingerprint density at radius 3 is 2.83 bits per heavy atom. The summed E-state index contributed by atoms with van der Waals surface area (Å²) in [7, 11) is 1.33. The molecule has 1 aromatic carbocycles. The van der Waals surface area contributed by atoms with Gasteiger partial charge in [0.2, 0.25) is 5.91 Å². The van der Waals surface area contributed by atoms with Crippen molar-refractivity contribution in [3.8, 4) is 0 Å². The number of benzene rings is 1. The Bertz CT molecular complexity index is 1370. The van der Waals surface area contributed by atoms with Crippen molar-refractivity contribution in [2.45, 2.75) is 32.2 Å². The SMILES string of the molecule is C=CCn1c(=NC(=O)CSCC(=O)Nc2sc3c(c2C(=O)OC)CCCC3)sc2cc(F)ccc21. The fourth-order valence-corrected chi connectivity index (χ4v) is 6.92.